The average molecular weight is 480 g/mol. The van der Waals surface area contributed by atoms with E-state index in [0.717, 1.165) is 28.2 Å². The van der Waals surface area contributed by atoms with Crippen LogP contribution >= 0.6 is 0 Å². The maximum Gasteiger partial charge on any atom is 0.417 e. The van der Waals surface area contributed by atoms with Crippen molar-refractivity contribution in [2.75, 3.05) is 18.0 Å². The van der Waals surface area contributed by atoms with Crippen molar-refractivity contribution in [3.8, 4) is 11.4 Å². The summed E-state index contributed by atoms with van der Waals surface area (Å²) in [5, 5.41) is 15.1. The number of anilines is 1. The van der Waals surface area contributed by atoms with E-state index in [2.05, 4.69) is 20.2 Å². The molecule has 180 valence electrons. The van der Waals surface area contributed by atoms with E-state index < -0.39 is 23.2 Å². The summed E-state index contributed by atoms with van der Waals surface area (Å²) in [7, 11) is 1.84. The number of nitrogens with zero attached hydrogens (tertiary/aromatic N) is 5. The van der Waals surface area contributed by atoms with E-state index in [9.17, 15) is 18.0 Å². The molecule has 4 aromatic rings. The quantitative estimate of drug-likeness (QED) is 0.464. The number of primary amides is 1. The van der Waals surface area contributed by atoms with Crippen molar-refractivity contribution in [1.29, 1.82) is 0 Å². The number of hydrogen-bond donors (Lipinski definition) is 1. The predicted octanol–water partition coefficient (Wildman–Crippen LogP) is 4.53. The third kappa shape index (κ3) is 4.09. The standard InChI is InChI=1S/C25H23F3N6O/c1-33-20(9-12-30-33)22-17-5-2-3-6-18(17)24(32-31-22)34-13-10-15(11-14-34)16-7-4-8-19(23(29)35)21(16)25(26,27)28/h2-9,12,15H,10-11,13-14H2,1H3,(H2,29,35). The van der Waals surface area contributed by atoms with Gasteiger partial charge in [-0.3, -0.25) is 9.48 Å². The van der Waals surface area contributed by atoms with Crippen LogP contribution in [0.25, 0.3) is 22.2 Å². The van der Waals surface area contributed by atoms with Gasteiger partial charge in [-0.2, -0.15) is 18.3 Å². The molecule has 2 N–H and O–H groups in total. The Balaban J connectivity index is 1.46. The van der Waals surface area contributed by atoms with Crippen LogP contribution in [-0.2, 0) is 13.2 Å². The molecule has 10 heteroatoms. The van der Waals surface area contributed by atoms with Gasteiger partial charge in [0.05, 0.1) is 16.8 Å². The summed E-state index contributed by atoms with van der Waals surface area (Å²) >= 11 is 0. The molecule has 0 atom stereocenters. The molecule has 1 saturated heterocycles. The fraction of sp³-hybridized carbons (Fsp3) is 0.280. The normalized spacial score (nSPS) is 15.0. The molecule has 0 aliphatic carbocycles. The molecule has 35 heavy (non-hydrogen) atoms. The van der Waals surface area contributed by atoms with Gasteiger partial charge in [-0.15, -0.1) is 10.2 Å². The van der Waals surface area contributed by atoms with E-state index >= 15 is 0 Å². The highest BCUT2D eigenvalue weighted by atomic mass is 19.4. The lowest BCUT2D eigenvalue weighted by atomic mass is 9.84. The SMILES string of the molecule is Cn1nccc1-c1nnc(N2CCC(c3cccc(C(N)=O)c3C(F)(F)F)CC2)c2ccccc12. The molecule has 7 nitrogen and oxygen atoms in total. The Hall–Kier alpha value is -3.95. The summed E-state index contributed by atoms with van der Waals surface area (Å²) in [6, 6.07) is 13.7. The minimum absolute atomic E-state index is 0.121. The van der Waals surface area contributed by atoms with Crippen molar-refractivity contribution in [3.05, 3.63) is 71.4 Å². The summed E-state index contributed by atoms with van der Waals surface area (Å²) in [5.41, 5.74) is 5.53. The smallest absolute Gasteiger partial charge is 0.366 e. The van der Waals surface area contributed by atoms with Gasteiger partial charge in [0.1, 0.15) is 5.69 Å². The van der Waals surface area contributed by atoms with E-state index in [-0.39, 0.29) is 11.5 Å². The predicted molar refractivity (Wildman–Crippen MR) is 126 cm³/mol. The van der Waals surface area contributed by atoms with Gasteiger partial charge in [-0.1, -0.05) is 36.4 Å². The zero-order chi connectivity index (χ0) is 24.7. The van der Waals surface area contributed by atoms with Gasteiger partial charge in [0, 0.05) is 37.1 Å². The van der Waals surface area contributed by atoms with E-state index in [4.69, 9.17) is 5.73 Å². The maximum absolute atomic E-state index is 13.9. The molecule has 0 saturated carbocycles. The minimum Gasteiger partial charge on any atom is -0.366 e. The van der Waals surface area contributed by atoms with Gasteiger partial charge >= 0.3 is 6.18 Å². The summed E-state index contributed by atoms with van der Waals surface area (Å²) in [5.74, 6) is -0.728. The minimum atomic E-state index is -4.67. The third-order valence-corrected chi connectivity index (χ3v) is 6.61. The number of aryl methyl sites for hydroxylation is 1. The summed E-state index contributed by atoms with van der Waals surface area (Å²) in [6.07, 6.45) is -2.01. The number of amides is 1. The van der Waals surface area contributed by atoms with E-state index in [1.165, 1.54) is 12.1 Å². The monoisotopic (exact) mass is 480 g/mol. The first-order valence-corrected chi connectivity index (χ1v) is 11.2. The first-order valence-electron chi connectivity index (χ1n) is 11.2. The van der Waals surface area contributed by atoms with Gasteiger partial charge in [-0.05, 0) is 36.5 Å². The van der Waals surface area contributed by atoms with Crippen LogP contribution in [0, 0.1) is 0 Å². The molecule has 0 radical (unpaired) electrons. The molecular formula is C25H23F3N6O. The number of halogens is 3. The molecule has 0 unspecified atom stereocenters. The highest BCUT2D eigenvalue weighted by Crippen LogP contribution is 2.41. The van der Waals surface area contributed by atoms with Crippen molar-refractivity contribution in [2.45, 2.75) is 24.9 Å². The van der Waals surface area contributed by atoms with Crippen molar-refractivity contribution >= 4 is 22.5 Å². The summed E-state index contributed by atoms with van der Waals surface area (Å²) < 4.78 is 43.4. The van der Waals surface area contributed by atoms with Crippen LogP contribution in [-0.4, -0.2) is 39.0 Å². The van der Waals surface area contributed by atoms with Crippen LogP contribution in [0.5, 0.6) is 0 Å². The maximum atomic E-state index is 13.9. The summed E-state index contributed by atoms with van der Waals surface area (Å²) in [6.45, 7) is 1.01. The second-order valence-electron chi connectivity index (χ2n) is 8.65. The lowest BCUT2D eigenvalue weighted by Gasteiger charge is -2.34. The van der Waals surface area contributed by atoms with Crippen molar-refractivity contribution < 1.29 is 18.0 Å². The lowest BCUT2D eigenvalue weighted by molar-refractivity contribution is -0.138. The Labute approximate surface area is 199 Å². The van der Waals surface area contributed by atoms with Crippen LogP contribution in [0.3, 0.4) is 0 Å². The second kappa shape index (κ2) is 8.68. The highest BCUT2D eigenvalue weighted by molar-refractivity contribution is 5.99. The van der Waals surface area contributed by atoms with Crippen LogP contribution < -0.4 is 10.6 Å². The highest BCUT2D eigenvalue weighted by Gasteiger charge is 2.39. The molecule has 2 aromatic carbocycles. The topological polar surface area (TPSA) is 89.9 Å². The summed E-state index contributed by atoms with van der Waals surface area (Å²) in [4.78, 5) is 13.8. The number of benzene rings is 2. The molecule has 1 aliphatic heterocycles. The second-order valence-corrected chi connectivity index (χ2v) is 8.65. The van der Waals surface area contributed by atoms with Gasteiger partial charge in [0.2, 0.25) is 5.91 Å². The third-order valence-electron chi connectivity index (χ3n) is 6.61. The van der Waals surface area contributed by atoms with Crippen LogP contribution in [0.4, 0.5) is 19.0 Å². The van der Waals surface area contributed by atoms with Crippen molar-refractivity contribution in [3.63, 3.8) is 0 Å². The number of carbonyl (C=O) groups is 1. The van der Waals surface area contributed by atoms with Crippen molar-refractivity contribution in [1.82, 2.24) is 20.0 Å². The zero-order valence-electron chi connectivity index (χ0n) is 19.0. The first kappa shape index (κ1) is 22.8. The number of hydrogen-bond acceptors (Lipinski definition) is 5. The van der Waals surface area contributed by atoms with Crippen molar-refractivity contribution in [2.24, 2.45) is 12.8 Å². The molecular weight excluding hydrogens is 457 g/mol. The van der Waals surface area contributed by atoms with Crippen LogP contribution in [0.2, 0.25) is 0 Å². The lowest BCUT2D eigenvalue weighted by Crippen LogP contribution is -2.34. The van der Waals surface area contributed by atoms with Crippen LogP contribution in [0.1, 0.15) is 40.2 Å². The number of fused-ring (bicyclic) bond motifs is 1. The molecule has 3 heterocycles. The van der Waals surface area contributed by atoms with Gasteiger partial charge in [0.25, 0.3) is 0 Å². The van der Waals surface area contributed by atoms with Crippen LogP contribution in [0.15, 0.2) is 54.7 Å². The fourth-order valence-electron chi connectivity index (χ4n) is 4.95. The molecule has 2 aromatic heterocycles. The number of rotatable bonds is 4. The average Bonchev–Trinajstić information content (AvgIpc) is 3.28. The van der Waals surface area contributed by atoms with E-state index in [1.807, 2.05) is 37.4 Å². The molecule has 5 rings (SSSR count). The number of piperidine rings is 1. The number of alkyl halides is 3. The molecule has 0 spiro atoms. The zero-order valence-corrected chi connectivity index (χ0v) is 19.0. The molecule has 1 aliphatic rings. The number of aromatic nitrogens is 4. The molecule has 1 amide bonds. The largest absolute Gasteiger partial charge is 0.417 e. The molecule has 1 fully saturated rings. The van der Waals surface area contributed by atoms with E-state index in [1.54, 1.807) is 10.9 Å². The number of nitrogens with two attached hydrogens (primary N) is 1. The Morgan fingerprint density at radius 3 is 2.34 bits per heavy atom. The first-order chi connectivity index (χ1) is 16.8. The Kier molecular flexibility index (Phi) is 5.66. The van der Waals surface area contributed by atoms with Gasteiger partial charge in [-0.25, -0.2) is 0 Å². The van der Waals surface area contributed by atoms with Gasteiger partial charge < -0.3 is 10.6 Å². The Morgan fingerprint density at radius 2 is 1.71 bits per heavy atom. The Morgan fingerprint density at radius 1 is 1.00 bits per heavy atom. The van der Waals surface area contributed by atoms with E-state index in [0.29, 0.717) is 31.7 Å². The van der Waals surface area contributed by atoms with Gasteiger partial charge in [0.15, 0.2) is 5.82 Å². The number of carbonyl (C=O) groups excluding carboxylic acids is 1. The molecule has 0 bridgehead atoms. The Bertz CT molecular complexity index is 1410. The fourth-order valence-corrected chi connectivity index (χ4v) is 4.95.